The van der Waals surface area contributed by atoms with Crippen molar-refractivity contribution in [2.45, 2.75) is 36.9 Å². The second kappa shape index (κ2) is 2.81. The molecule has 1 aromatic rings. The summed E-state index contributed by atoms with van der Waals surface area (Å²) in [6.07, 6.45) is 3.85. The zero-order chi connectivity index (χ0) is 14.9. The molecule has 3 nitrogen and oxygen atoms in total. The number of epoxide rings is 1. The predicted octanol–water partition coefficient (Wildman–Crippen LogP) is 2.94. The number of rotatable bonds is 2. The second-order valence-corrected chi connectivity index (χ2v) is 9.16. The molecule has 2 bridgehead atoms. The second-order valence-electron chi connectivity index (χ2n) is 9.16. The average molecular weight is 308 g/mol. The van der Waals surface area contributed by atoms with Gasteiger partial charge in [0.25, 0.3) is 0 Å². The first kappa shape index (κ1) is 11.4. The van der Waals surface area contributed by atoms with E-state index >= 15 is 0 Å². The fourth-order valence-electron chi connectivity index (χ4n) is 9.33. The van der Waals surface area contributed by atoms with Gasteiger partial charge in [-0.1, -0.05) is 0 Å². The summed E-state index contributed by atoms with van der Waals surface area (Å²) in [7, 11) is 3.67. The third kappa shape index (κ3) is 0.782. The van der Waals surface area contributed by atoms with Gasteiger partial charge in [-0.3, -0.25) is 0 Å². The molecule has 118 valence electrons. The van der Waals surface area contributed by atoms with Crippen LogP contribution in [0.1, 0.15) is 35.8 Å². The van der Waals surface area contributed by atoms with Crippen LogP contribution in [0.3, 0.4) is 0 Å². The van der Waals surface area contributed by atoms with Crippen molar-refractivity contribution < 1.29 is 14.2 Å². The van der Waals surface area contributed by atoms with Gasteiger partial charge in [0.05, 0.1) is 26.4 Å². The molecule has 1 saturated heterocycles. The van der Waals surface area contributed by atoms with E-state index in [1.165, 1.54) is 24.0 Å². The number of methoxy groups -OCH3 is 2. The Morgan fingerprint density at radius 3 is 1.87 bits per heavy atom. The first-order valence-corrected chi connectivity index (χ1v) is 9.20. The third-order valence-corrected chi connectivity index (χ3v) is 9.38. The van der Waals surface area contributed by atoms with Gasteiger partial charge >= 0.3 is 0 Å². The normalized spacial score (nSPS) is 62.2. The molecular weight excluding hydrogens is 288 g/mol. The van der Waals surface area contributed by atoms with Gasteiger partial charge in [-0.15, -0.1) is 0 Å². The molecule has 1 aliphatic heterocycles. The largest absolute Gasteiger partial charge is 0.496 e. The standard InChI is InChI=1S/C20H20O3/c1-21-7-3-4-8(22-2)12-11(7)16-13-14-15(13)18-19(16)5-9-10(23-9)6-20(18,19)17(12)14/h3-4,9-10,13-18H,5-6H2,1-2H3/t9-,10-,13+,14+,15?,16-,17-,18?,19-,20+/m1/s1. The molecule has 1 aromatic carbocycles. The molecule has 23 heavy (non-hydrogen) atoms. The molecule has 2 spiro atoms. The summed E-state index contributed by atoms with van der Waals surface area (Å²) in [5, 5.41) is 0. The van der Waals surface area contributed by atoms with Crippen LogP contribution < -0.4 is 9.47 Å². The number of hydrogen-bond donors (Lipinski definition) is 0. The van der Waals surface area contributed by atoms with Crippen molar-refractivity contribution in [2.24, 2.45) is 34.5 Å². The quantitative estimate of drug-likeness (QED) is 0.787. The summed E-state index contributed by atoms with van der Waals surface area (Å²) in [5.41, 5.74) is 4.23. The van der Waals surface area contributed by atoms with E-state index in [4.69, 9.17) is 14.2 Å². The lowest BCUT2D eigenvalue weighted by Crippen LogP contribution is -2.43. The van der Waals surface area contributed by atoms with Crippen molar-refractivity contribution in [1.29, 1.82) is 0 Å². The summed E-state index contributed by atoms with van der Waals surface area (Å²) in [6, 6.07) is 4.29. The van der Waals surface area contributed by atoms with Crippen LogP contribution in [-0.4, -0.2) is 26.4 Å². The maximum Gasteiger partial charge on any atom is 0.122 e. The molecule has 2 unspecified atom stereocenters. The van der Waals surface area contributed by atoms with E-state index in [-0.39, 0.29) is 0 Å². The maximum atomic E-state index is 6.01. The van der Waals surface area contributed by atoms with Gasteiger partial charge in [0, 0.05) is 11.1 Å². The van der Waals surface area contributed by atoms with Gasteiger partial charge in [0.1, 0.15) is 11.5 Å². The fraction of sp³-hybridized carbons (Fsp3) is 0.700. The van der Waals surface area contributed by atoms with Crippen molar-refractivity contribution in [1.82, 2.24) is 0 Å². The Morgan fingerprint density at radius 1 is 0.870 bits per heavy atom. The third-order valence-electron chi connectivity index (χ3n) is 9.38. The SMILES string of the molecule is COc1ccc(OC)c2c1[C@@H]1[C@@H]3C4C5[C@@]16C[C@H]1O[C@@H]1C[C@]56[C@H]2[C@H]43. The van der Waals surface area contributed by atoms with E-state index in [0.29, 0.717) is 23.0 Å². The van der Waals surface area contributed by atoms with Crippen LogP contribution in [0.2, 0.25) is 0 Å². The number of ether oxygens (including phenoxy) is 3. The Morgan fingerprint density at radius 2 is 1.39 bits per heavy atom. The highest BCUT2D eigenvalue weighted by atomic mass is 16.6. The monoisotopic (exact) mass is 308 g/mol. The predicted molar refractivity (Wildman–Crippen MR) is 81.7 cm³/mol. The van der Waals surface area contributed by atoms with Crippen molar-refractivity contribution in [3.63, 3.8) is 0 Å². The molecule has 0 N–H and O–H groups in total. The molecule has 8 aliphatic rings. The molecule has 0 aromatic heterocycles. The zero-order valence-electron chi connectivity index (χ0n) is 13.4. The fourth-order valence-corrected chi connectivity index (χ4v) is 9.33. The van der Waals surface area contributed by atoms with Crippen molar-refractivity contribution >= 4 is 0 Å². The number of fused-ring (bicyclic) bond motifs is 1. The molecule has 9 rings (SSSR count). The van der Waals surface area contributed by atoms with Crippen LogP contribution in [-0.2, 0) is 4.74 Å². The molecule has 3 heteroatoms. The average Bonchev–Trinajstić information content (AvgIpc) is 3.48. The van der Waals surface area contributed by atoms with Crippen LogP contribution in [0.4, 0.5) is 0 Å². The minimum atomic E-state index is 0.575. The lowest BCUT2D eigenvalue weighted by Gasteiger charge is -2.50. The maximum absolute atomic E-state index is 6.01. The highest BCUT2D eigenvalue weighted by Gasteiger charge is 3.03. The molecule has 1 heterocycles. The van der Waals surface area contributed by atoms with Crippen molar-refractivity contribution in [3.05, 3.63) is 23.3 Å². The van der Waals surface area contributed by atoms with E-state index in [0.717, 1.165) is 47.0 Å². The van der Waals surface area contributed by atoms with Crippen LogP contribution in [0.25, 0.3) is 0 Å². The van der Waals surface area contributed by atoms with Crippen LogP contribution in [0, 0.1) is 34.5 Å². The summed E-state index contributed by atoms with van der Waals surface area (Å²) >= 11 is 0. The summed E-state index contributed by atoms with van der Waals surface area (Å²) < 4.78 is 17.7. The van der Waals surface area contributed by atoms with Crippen LogP contribution >= 0.6 is 0 Å². The lowest BCUT2D eigenvalue weighted by molar-refractivity contribution is 0.101. The van der Waals surface area contributed by atoms with E-state index in [1.807, 2.05) is 14.2 Å². The molecule has 7 aliphatic carbocycles. The van der Waals surface area contributed by atoms with Gasteiger partial charge in [0.2, 0.25) is 0 Å². The minimum Gasteiger partial charge on any atom is -0.496 e. The molecule has 6 fully saturated rings. The number of benzene rings is 1. The van der Waals surface area contributed by atoms with Gasteiger partial charge in [-0.2, -0.15) is 0 Å². The molecule has 5 saturated carbocycles. The Bertz CT molecular complexity index is 767. The topological polar surface area (TPSA) is 31.0 Å². The first-order valence-electron chi connectivity index (χ1n) is 9.20. The smallest absolute Gasteiger partial charge is 0.122 e. The van der Waals surface area contributed by atoms with E-state index in [1.54, 1.807) is 0 Å². The Labute approximate surface area is 135 Å². The Balaban J connectivity index is 1.48. The lowest BCUT2D eigenvalue weighted by atomic mass is 9.52. The summed E-state index contributed by atoms with van der Waals surface area (Å²) in [6.45, 7) is 0. The highest BCUT2D eigenvalue weighted by Crippen LogP contribution is 3.07. The summed E-state index contributed by atoms with van der Waals surface area (Å²) in [5.74, 6) is 7.63. The zero-order valence-corrected chi connectivity index (χ0v) is 13.4. The first-order chi connectivity index (χ1) is 11.3. The molecule has 0 amide bonds. The van der Waals surface area contributed by atoms with Gasteiger partial charge in [0.15, 0.2) is 0 Å². The molecular formula is C20H20O3. The van der Waals surface area contributed by atoms with Crippen molar-refractivity contribution in [3.8, 4) is 11.5 Å². The van der Waals surface area contributed by atoms with Gasteiger partial charge in [-0.05, 0) is 71.3 Å². The van der Waals surface area contributed by atoms with E-state index in [2.05, 4.69) is 12.1 Å². The number of hydrogen-bond acceptors (Lipinski definition) is 3. The molecule has 0 radical (unpaired) electrons. The van der Waals surface area contributed by atoms with Crippen molar-refractivity contribution in [2.75, 3.05) is 14.2 Å². The van der Waals surface area contributed by atoms with Gasteiger partial charge < -0.3 is 14.2 Å². The highest BCUT2D eigenvalue weighted by molar-refractivity contribution is 5.69. The summed E-state index contributed by atoms with van der Waals surface area (Å²) in [4.78, 5) is 0. The van der Waals surface area contributed by atoms with Crippen LogP contribution in [0.5, 0.6) is 11.5 Å². The Kier molecular flexibility index (Phi) is 1.39. The molecule has 10 atom stereocenters. The van der Waals surface area contributed by atoms with E-state index in [9.17, 15) is 0 Å². The van der Waals surface area contributed by atoms with Gasteiger partial charge in [-0.25, -0.2) is 0 Å². The van der Waals surface area contributed by atoms with E-state index < -0.39 is 0 Å². The minimum absolute atomic E-state index is 0.575. The van der Waals surface area contributed by atoms with Crippen LogP contribution in [0.15, 0.2) is 12.1 Å². The Hall–Kier alpha value is -1.22.